The first kappa shape index (κ1) is 13.3. The Kier molecular flexibility index (Phi) is 4.17. The number of nitrogens with one attached hydrogen (secondary N) is 1. The van der Waals surface area contributed by atoms with Gasteiger partial charge in [0.25, 0.3) is 0 Å². The summed E-state index contributed by atoms with van der Waals surface area (Å²) in [5, 5.41) is 3.47. The zero-order valence-electron chi connectivity index (χ0n) is 11.6. The molecule has 1 aliphatic rings. The van der Waals surface area contributed by atoms with Crippen LogP contribution in [0, 0.1) is 12.3 Å². The predicted octanol–water partition coefficient (Wildman–Crippen LogP) is 2.58. The molecular formula is C14H23N3O. The molecule has 0 unspecified atom stereocenters. The van der Waals surface area contributed by atoms with Crippen molar-refractivity contribution < 1.29 is 4.74 Å². The molecule has 1 saturated carbocycles. The number of ether oxygens (including phenoxy) is 1. The molecule has 2 rings (SSSR count). The fraction of sp³-hybridized carbons (Fsp3) is 0.714. The molecule has 0 aromatic carbocycles. The van der Waals surface area contributed by atoms with Crippen LogP contribution < -0.4 is 5.32 Å². The number of rotatable bonds is 7. The summed E-state index contributed by atoms with van der Waals surface area (Å²) in [5.74, 6) is 1.88. The normalized spacial score (nSPS) is 16.6. The average Bonchev–Trinajstić information content (AvgIpc) is 3.14. The maximum Gasteiger partial charge on any atom is 0.130 e. The molecule has 0 aliphatic heterocycles. The van der Waals surface area contributed by atoms with Crippen LogP contribution in [0.3, 0.4) is 0 Å². The second-order valence-electron chi connectivity index (χ2n) is 5.26. The summed E-state index contributed by atoms with van der Waals surface area (Å²) in [7, 11) is 1.77. The maximum atomic E-state index is 5.17. The molecular weight excluding hydrogens is 226 g/mol. The van der Waals surface area contributed by atoms with Gasteiger partial charge in [-0.25, -0.2) is 9.97 Å². The fourth-order valence-electron chi connectivity index (χ4n) is 2.17. The van der Waals surface area contributed by atoms with Gasteiger partial charge in [0.05, 0.1) is 0 Å². The number of anilines is 1. The molecule has 1 fully saturated rings. The van der Waals surface area contributed by atoms with Crippen LogP contribution in [0.2, 0.25) is 0 Å². The highest BCUT2D eigenvalue weighted by molar-refractivity contribution is 5.36. The van der Waals surface area contributed by atoms with Crippen LogP contribution in [0.5, 0.6) is 0 Å². The van der Waals surface area contributed by atoms with Crippen LogP contribution >= 0.6 is 0 Å². The van der Waals surface area contributed by atoms with Gasteiger partial charge in [0, 0.05) is 38.4 Å². The van der Waals surface area contributed by atoms with Gasteiger partial charge in [0.1, 0.15) is 11.6 Å². The van der Waals surface area contributed by atoms with Crippen molar-refractivity contribution in [2.75, 3.05) is 25.6 Å². The Bertz CT molecular complexity index is 402. The largest absolute Gasteiger partial charge is 0.385 e. The molecule has 1 N–H and O–H groups in total. The van der Waals surface area contributed by atoms with E-state index in [4.69, 9.17) is 4.74 Å². The van der Waals surface area contributed by atoms with E-state index in [1.165, 1.54) is 12.8 Å². The zero-order valence-corrected chi connectivity index (χ0v) is 11.6. The Labute approximate surface area is 109 Å². The van der Waals surface area contributed by atoms with Crippen molar-refractivity contribution in [2.45, 2.75) is 39.5 Å². The second kappa shape index (κ2) is 5.65. The Morgan fingerprint density at radius 2 is 2.17 bits per heavy atom. The first-order chi connectivity index (χ1) is 8.67. The van der Waals surface area contributed by atoms with Gasteiger partial charge in [0.2, 0.25) is 0 Å². The summed E-state index contributed by atoms with van der Waals surface area (Å²) in [6.07, 6.45) is 4.62. The first-order valence-electron chi connectivity index (χ1n) is 6.75. The summed E-state index contributed by atoms with van der Waals surface area (Å²) in [6.45, 7) is 5.95. The van der Waals surface area contributed by atoms with E-state index in [0.29, 0.717) is 5.41 Å². The van der Waals surface area contributed by atoms with E-state index >= 15 is 0 Å². The van der Waals surface area contributed by atoms with E-state index in [1.54, 1.807) is 7.11 Å². The van der Waals surface area contributed by atoms with Gasteiger partial charge in [-0.3, -0.25) is 0 Å². The number of hydrogen-bond donors (Lipinski definition) is 1. The predicted molar refractivity (Wildman–Crippen MR) is 72.8 cm³/mol. The van der Waals surface area contributed by atoms with E-state index in [1.807, 2.05) is 13.0 Å². The number of methoxy groups -OCH3 is 1. The average molecular weight is 249 g/mol. The molecule has 18 heavy (non-hydrogen) atoms. The minimum atomic E-state index is 0.446. The lowest BCUT2D eigenvalue weighted by Crippen LogP contribution is -2.18. The molecule has 4 heteroatoms. The van der Waals surface area contributed by atoms with E-state index in [2.05, 4.69) is 22.2 Å². The Balaban J connectivity index is 1.92. The monoisotopic (exact) mass is 249 g/mol. The van der Waals surface area contributed by atoms with Gasteiger partial charge in [-0.15, -0.1) is 0 Å². The maximum absolute atomic E-state index is 5.17. The minimum Gasteiger partial charge on any atom is -0.385 e. The number of hydrogen-bond acceptors (Lipinski definition) is 4. The second-order valence-corrected chi connectivity index (χ2v) is 5.26. The molecule has 0 radical (unpaired) electrons. The summed E-state index contributed by atoms with van der Waals surface area (Å²) in [4.78, 5) is 8.90. The molecule has 0 saturated heterocycles. The SMILES string of the molecule is CCc1nc(C)cc(NCC2(CCOC)CC2)n1. The molecule has 1 aromatic heterocycles. The molecule has 4 nitrogen and oxygen atoms in total. The topological polar surface area (TPSA) is 47.0 Å². The van der Waals surface area contributed by atoms with E-state index in [-0.39, 0.29) is 0 Å². The fourth-order valence-corrected chi connectivity index (χ4v) is 2.17. The molecule has 1 aromatic rings. The van der Waals surface area contributed by atoms with Crippen LogP contribution in [-0.4, -0.2) is 30.2 Å². The standard InChI is InChI=1S/C14H23N3O/c1-4-12-16-11(2)9-13(17-12)15-10-14(5-6-14)7-8-18-3/h9H,4-8,10H2,1-3H3,(H,15,16,17). The van der Waals surface area contributed by atoms with Gasteiger partial charge in [-0.05, 0) is 31.6 Å². The third kappa shape index (κ3) is 3.42. The van der Waals surface area contributed by atoms with Crippen molar-refractivity contribution in [3.05, 3.63) is 17.6 Å². The van der Waals surface area contributed by atoms with Gasteiger partial charge in [-0.1, -0.05) is 6.92 Å². The van der Waals surface area contributed by atoms with Crippen molar-refractivity contribution in [3.8, 4) is 0 Å². The van der Waals surface area contributed by atoms with Crippen molar-refractivity contribution in [1.29, 1.82) is 0 Å². The van der Waals surface area contributed by atoms with Gasteiger partial charge in [0.15, 0.2) is 0 Å². The van der Waals surface area contributed by atoms with E-state index in [9.17, 15) is 0 Å². The highest BCUT2D eigenvalue weighted by Crippen LogP contribution is 2.48. The Morgan fingerprint density at radius 1 is 1.39 bits per heavy atom. The lowest BCUT2D eigenvalue weighted by Gasteiger charge is -2.16. The van der Waals surface area contributed by atoms with Crippen molar-refractivity contribution >= 4 is 5.82 Å². The number of aromatic nitrogens is 2. The smallest absolute Gasteiger partial charge is 0.130 e. The highest BCUT2D eigenvalue weighted by Gasteiger charge is 2.41. The summed E-state index contributed by atoms with van der Waals surface area (Å²) >= 11 is 0. The van der Waals surface area contributed by atoms with E-state index in [0.717, 1.165) is 43.3 Å². The van der Waals surface area contributed by atoms with Crippen LogP contribution in [0.4, 0.5) is 5.82 Å². The lowest BCUT2D eigenvalue weighted by atomic mass is 10.0. The van der Waals surface area contributed by atoms with E-state index < -0.39 is 0 Å². The molecule has 100 valence electrons. The third-order valence-corrected chi connectivity index (χ3v) is 3.65. The summed E-state index contributed by atoms with van der Waals surface area (Å²) in [6, 6.07) is 2.02. The van der Waals surface area contributed by atoms with Crippen LogP contribution in [-0.2, 0) is 11.2 Å². The van der Waals surface area contributed by atoms with Gasteiger partial charge in [-0.2, -0.15) is 0 Å². The quantitative estimate of drug-likeness (QED) is 0.807. The van der Waals surface area contributed by atoms with Crippen LogP contribution in [0.15, 0.2) is 6.07 Å². The lowest BCUT2D eigenvalue weighted by molar-refractivity contribution is 0.175. The Morgan fingerprint density at radius 3 is 2.78 bits per heavy atom. The third-order valence-electron chi connectivity index (χ3n) is 3.65. The molecule has 1 heterocycles. The van der Waals surface area contributed by atoms with Gasteiger partial charge >= 0.3 is 0 Å². The molecule has 0 spiro atoms. The summed E-state index contributed by atoms with van der Waals surface area (Å²) < 4.78 is 5.17. The van der Waals surface area contributed by atoms with Crippen molar-refractivity contribution in [2.24, 2.45) is 5.41 Å². The number of nitrogens with zero attached hydrogens (tertiary/aromatic N) is 2. The minimum absolute atomic E-state index is 0.446. The molecule has 0 amide bonds. The van der Waals surface area contributed by atoms with Crippen molar-refractivity contribution in [1.82, 2.24) is 9.97 Å². The summed E-state index contributed by atoms with van der Waals surface area (Å²) in [5.41, 5.74) is 1.48. The van der Waals surface area contributed by atoms with Gasteiger partial charge < -0.3 is 10.1 Å². The van der Waals surface area contributed by atoms with Crippen LogP contribution in [0.1, 0.15) is 37.7 Å². The van der Waals surface area contributed by atoms with Crippen LogP contribution in [0.25, 0.3) is 0 Å². The highest BCUT2D eigenvalue weighted by atomic mass is 16.5. The first-order valence-corrected chi connectivity index (χ1v) is 6.75. The number of aryl methyl sites for hydroxylation is 2. The molecule has 0 atom stereocenters. The van der Waals surface area contributed by atoms with Crippen molar-refractivity contribution in [3.63, 3.8) is 0 Å². The zero-order chi connectivity index (χ0) is 13.0. The molecule has 1 aliphatic carbocycles. The molecule has 0 bridgehead atoms. The Hall–Kier alpha value is -1.16.